The first-order chi connectivity index (χ1) is 12.5. The van der Waals surface area contributed by atoms with Gasteiger partial charge in [0.15, 0.2) is 0 Å². The highest BCUT2D eigenvalue weighted by molar-refractivity contribution is 7.05. The summed E-state index contributed by atoms with van der Waals surface area (Å²) in [4.78, 5) is 29.8. The first kappa shape index (κ1) is 17.1. The molecule has 138 valence electrons. The lowest BCUT2D eigenvalue weighted by Crippen LogP contribution is -2.36. The van der Waals surface area contributed by atoms with Crippen molar-refractivity contribution in [3.8, 4) is 0 Å². The molecule has 4 rings (SSSR count). The van der Waals surface area contributed by atoms with E-state index in [9.17, 15) is 9.59 Å². The lowest BCUT2D eigenvalue weighted by atomic mass is 9.86. The molecule has 8 nitrogen and oxygen atoms in total. The van der Waals surface area contributed by atoms with E-state index in [-0.39, 0.29) is 17.2 Å². The zero-order valence-electron chi connectivity index (χ0n) is 14.8. The summed E-state index contributed by atoms with van der Waals surface area (Å²) in [5.41, 5.74) is 0.862. The third-order valence-electron chi connectivity index (χ3n) is 5.42. The van der Waals surface area contributed by atoms with Gasteiger partial charge < -0.3 is 9.80 Å². The van der Waals surface area contributed by atoms with Gasteiger partial charge in [-0.25, -0.2) is 0 Å². The first-order valence-electron chi connectivity index (χ1n) is 8.83. The minimum Gasteiger partial charge on any atom is -0.342 e. The quantitative estimate of drug-likeness (QED) is 0.778. The molecular weight excluding hydrogens is 352 g/mol. The summed E-state index contributed by atoms with van der Waals surface area (Å²) < 4.78 is 5.52. The number of hydrogen-bond acceptors (Lipinski definition) is 6. The van der Waals surface area contributed by atoms with Crippen molar-refractivity contribution in [2.24, 2.45) is 12.5 Å². The topological polar surface area (TPSA) is 84.2 Å². The average Bonchev–Trinajstić information content (AvgIpc) is 3.38. The normalized spacial score (nSPS) is 22.5. The maximum Gasteiger partial charge on any atom is 0.228 e. The molecule has 4 heterocycles. The predicted molar refractivity (Wildman–Crippen MR) is 95.4 cm³/mol. The second kappa shape index (κ2) is 6.79. The zero-order chi connectivity index (χ0) is 18.1. The van der Waals surface area contributed by atoms with Crippen LogP contribution in [-0.4, -0.2) is 67.2 Å². The van der Waals surface area contributed by atoms with Gasteiger partial charge in [-0.15, -0.1) is 5.10 Å². The molecule has 0 bridgehead atoms. The van der Waals surface area contributed by atoms with Crippen LogP contribution in [0.25, 0.3) is 0 Å². The van der Waals surface area contributed by atoms with Gasteiger partial charge >= 0.3 is 0 Å². The number of aromatic nitrogens is 4. The maximum atomic E-state index is 12.6. The van der Waals surface area contributed by atoms with Crippen LogP contribution in [0.4, 0.5) is 0 Å². The Hall–Kier alpha value is -2.29. The summed E-state index contributed by atoms with van der Waals surface area (Å²) in [6.07, 6.45) is 6.16. The van der Waals surface area contributed by atoms with E-state index in [1.807, 2.05) is 29.1 Å². The highest BCUT2D eigenvalue weighted by atomic mass is 32.1. The van der Waals surface area contributed by atoms with Crippen molar-refractivity contribution in [3.63, 3.8) is 0 Å². The van der Waals surface area contributed by atoms with E-state index in [2.05, 4.69) is 14.7 Å². The van der Waals surface area contributed by atoms with Crippen LogP contribution >= 0.6 is 11.5 Å². The molecule has 2 amide bonds. The van der Waals surface area contributed by atoms with E-state index in [1.54, 1.807) is 10.9 Å². The highest BCUT2D eigenvalue weighted by Crippen LogP contribution is 2.39. The second-order valence-corrected chi connectivity index (χ2v) is 8.22. The van der Waals surface area contributed by atoms with Gasteiger partial charge in [0.2, 0.25) is 11.8 Å². The minimum absolute atomic E-state index is 0.0569. The number of hydrogen-bond donors (Lipinski definition) is 0. The Kier molecular flexibility index (Phi) is 4.47. The van der Waals surface area contributed by atoms with E-state index in [0.29, 0.717) is 12.8 Å². The fourth-order valence-electron chi connectivity index (χ4n) is 3.98. The van der Waals surface area contributed by atoms with Crippen molar-refractivity contribution in [3.05, 3.63) is 29.0 Å². The molecule has 9 heteroatoms. The lowest BCUT2D eigenvalue weighted by molar-refractivity contribution is -0.129. The van der Waals surface area contributed by atoms with Crippen LogP contribution in [0.15, 0.2) is 18.5 Å². The average molecular weight is 374 g/mol. The van der Waals surface area contributed by atoms with Gasteiger partial charge in [-0.1, -0.05) is 4.49 Å². The first-order valence-corrected chi connectivity index (χ1v) is 9.61. The van der Waals surface area contributed by atoms with Crippen molar-refractivity contribution in [1.29, 1.82) is 0 Å². The Morgan fingerprint density at radius 1 is 1.15 bits per heavy atom. The van der Waals surface area contributed by atoms with Gasteiger partial charge in [0.25, 0.3) is 0 Å². The standard InChI is InChI=1S/C17H22N6O2S/c1-21-5-2-13(19-21)8-15(24)22-6-3-17(11-22)4-7-23(12-17)16(25)9-14-10-18-20-26-14/h2,5,10H,3-4,6-9,11-12H2,1H3. The summed E-state index contributed by atoms with van der Waals surface area (Å²) in [6.45, 7) is 3.02. The van der Waals surface area contributed by atoms with E-state index >= 15 is 0 Å². The molecule has 1 spiro atoms. The number of carbonyl (C=O) groups is 2. The molecule has 0 radical (unpaired) electrons. The van der Waals surface area contributed by atoms with E-state index in [4.69, 9.17) is 0 Å². The molecule has 2 aliphatic rings. The molecular formula is C17H22N6O2S. The molecule has 1 atom stereocenters. The highest BCUT2D eigenvalue weighted by Gasteiger charge is 2.45. The fourth-order valence-corrected chi connectivity index (χ4v) is 4.46. The monoisotopic (exact) mass is 374 g/mol. The van der Waals surface area contributed by atoms with Crippen LogP contribution in [0.1, 0.15) is 23.4 Å². The molecule has 0 aliphatic carbocycles. The third kappa shape index (κ3) is 3.48. The number of rotatable bonds is 4. The smallest absolute Gasteiger partial charge is 0.228 e. The molecule has 2 aromatic heterocycles. The Bertz CT molecular complexity index is 804. The number of carbonyl (C=O) groups excluding carboxylic acids is 2. The van der Waals surface area contributed by atoms with Crippen LogP contribution in [0.2, 0.25) is 0 Å². The van der Waals surface area contributed by atoms with Gasteiger partial charge in [0, 0.05) is 44.8 Å². The Morgan fingerprint density at radius 2 is 1.85 bits per heavy atom. The van der Waals surface area contributed by atoms with Crippen LogP contribution in [-0.2, 0) is 29.5 Å². The zero-order valence-corrected chi connectivity index (χ0v) is 15.6. The second-order valence-electron chi connectivity index (χ2n) is 7.35. The van der Waals surface area contributed by atoms with Crippen molar-refractivity contribution < 1.29 is 9.59 Å². The summed E-state index contributed by atoms with van der Waals surface area (Å²) in [6, 6.07) is 1.88. The number of likely N-dealkylation sites (tertiary alicyclic amines) is 2. The number of amides is 2. The Balaban J connectivity index is 1.33. The fraction of sp³-hybridized carbons (Fsp3) is 0.588. The Morgan fingerprint density at radius 3 is 2.42 bits per heavy atom. The molecule has 0 N–H and O–H groups in total. The summed E-state index contributed by atoms with van der Waals surface area (Å²) in [5, 5.41) is 8.07. The molecule has 2 aliphatic heterocycles. The Labute approximate surface area is 155 Å². The van der Waals surface area contributed by atoms with Crippen molar-refractivity contribution >= 4 is 23.3 Å². The number of nitrogens with zero attached hydrogens (tertiary/aromatic N) is 6. The largest absolute Gasteiger partial charge is 0.342 e. The van der Waals surface area contributed by atoms with E-state index in [0.717, 1.165) is 49.6 Å². The molecule has 2 saturated heterocycles. The van der Waals surface area contributed by atoms with Gasteiger partial charge in [0.05, 0.1) is 29.6 Å². The SMILES string of the molecule is Cn1ccc(CC(=O)N2CCC3(CCN(C(=O)Cc4cnns4)C3)C2)n1. The van der Waals surface area contributed by atoms with Gasteiger partial charge in [-0.2, -0.15) is 5.10 Å². The van der Waals surface area contributed by atoms with Gasteiger partial charge in [-0.3, -0.25) is 14.3 Å². The summed E-state index contributed by atoms with van der Waals surface area (Å²) >= 11 is 1.27. The van der Waals surface area contributed by atoms with Crippen molar-refractivity contribution in [2.75, 3.05) is 26.2 Å². The number of aryl methyl sites for hydroxylation is 1. The predicted octanol–water partition coefficient (Wildman–Crippen LogP) is 0.508. The van der Waals surface area contributed by atoms with Crippen molar-refractivity contribution in [1.82, 2.24) is 29.2 Å². The molecule has 0 saturated carbocycles. The summed E-state index contributed by atoms with van der Waals surface area (Å²) in [7, 11) is 1.85. The van der Waals surface area contributed by atoms with Gasteiger partial charge in [-0.05, 0) is 30.4 Å². The minimum atomic E-state index is 0.0569. The summed E-state index contributed by atoms with van der Waals surface area (Å²) in [5.74, 6) is 0.257. The molecule has 0 aromatic carbocycles. The van der Waals surface area contributed by atoms with Crippen LogP contribution < -0.4 is 0 Å². The van der Waals surface area contributed by atoms with E-state index in [1.165, 1.54) is 11.5 Å². The molecule has 26 heavy (non-hydrogen) atoms. The van der Waals surface area contributed by atoms with Crippen molar-refractivity contribution in [2.45, 2.75) is 25.7 Å². The molecule has 2 aromatic rings. The lowest BCUT2D eigenvalue weighted by Gasteiger charge is -2.24. The van der Waals surface area contributed by atoms with Crippen LogP contribution in [0, 0.1) is 5.41 Å². The molecule has 2 fully saturated rings. The maximum absolute atomic E-state index is 12.6. The van der Waals surface area contributed by atoms with E-state index < -0.39 is 0 Å². The van der Waals surface area contributed by atoms with Gasteiger partial charge in [0.1, 0.15) is 0 Å². The van der Waals surface area contributed by atoms with Crippen LogP contribution in [0.5, 0.6) is 0 Å². The van der Waals surface area contributed by atoms with Crippen LogP contribution in [0.3, 0.4) is 0 Å². The molecule has 1 unspecified atom stereocenters. The third-order valence-corrected chi connectivity index (χ3v) is 6.08.